The van der Waals surface area contributed by atoms with Crippen molar-refractivity contribution in [2.45, 2.75) is 32.7 Å². The lowest BCUT2D eigenvalue weighted by Crippen LogP contribution is -2.48. The Morgan fingerprint density at radius 3 is 2.52 bits per heavy atom. The number of anilines is 1. The summed E-state index contributed by atoms with van der Waals surface area (Å²) in [5, 5.41) is 3.53. The van der Waals surface area contributed by atoms with Crippen molar-refractivity contribution in [3.8, 4) is 0 Å². The summed E-state index contributed by atoms with van der Waals surface area (Å²) < 4.78 is 25.7. The number of aryl methyl sites for hydroxylation is 2. The Morgan fingerprint density at radius 1 is 1.19 bits per heavy atom. The highest BCUT2D eigenvalue weighted by Gasteiger charge is 2.28. The van der Waals surface area contributed by atoms with E-state index in [-0.39, 0.29) is 5.91 Å². The van der Waals surface area contributed by atoms with Crippen molar-refractivity contribution in [3.05, 3.63) is 64.7 Å². The van der Waals surface area contributed by atoms with Crippen LogP contribution in [0.1, 0.15) is 24.5 Å². The van der Waals surface area contributed by atoms with Crippen LogP contribution in [0.15, 0.2) is 48.5 Å². The van der Waals surface area contributed by atoms with Gasteiger partial charge in [-0.25, -0.2) is 8.42 Å². The number of nitrogens with one attached hydrogen (secondary N) is 1. The van der Waals surface area contributed by atoms with Gasteiger partial charge in [0.25, 0.3) is 0 Å². The molecule has 2 rings (SSSR count). The zero-order valence-electron chi connectivity index (χ0n) is 15.8. The van der Waals surface area contributed by atoms with Crippen LogP contribution in [-0.2, 0) is 21.2 Å². The maximum absolute atomic E-state index is 12.5. The predicted molar refractivity (Wildman–Crippen MR) is 111 cm³/mol. The Bertz CT molecular complexity index is 900. The van der Waals surface area contributed by atoms with Gasteiger partial charge in [-0.2, -0.15) is 0 Å². The first-order valence-corrected chi connectivity index (χ1v) is 11.0. The molecule has 27 heavy (non-hydrogen) atoms. The van der Waals surface area contributed by atoms with Crippen LogP contribution in [0, 0.1) is 6.92 Å². The van der Waals surface area contributed by atoms with E-state index in [1.54, 1.807) is 25.1 Å². The molecule has 0 radical (unpaired) electrons. The normalized spacial score (nSPS) is 12.4. The number of rotatable bonds is 8. The van der Waals surface area contributed by atoms with Crippen LogP contribution in [0.3, 0.4) is 0 Å². The van der Waals surface area contributed by atoms with Crippen molar-refractivity contribution in [3.63, 3.8) is 0 Å². The predicted octanol–water partition coefficient (Wildman–Crippen LogP) is 3.55. The van der Waals surface area contributed by atoms with Crippen molar-refractivity contribution in [2.75, 3.05) is 17.1 Å². The average Bonchev–Trinajstić information content (AvgIpc) is 2.59. The van der Waals surface area contributed by atoms with E-state index in [4.69, 9.17) is 11.6 Å². The van der Waals surface area contributed by atoms with Crippen molar-refractivity contribution >= 4 is 33.2 Å². The highest BCUT2D eigenvalue weighted by Crippen LogP contribution is 2.22. The first kappa shape index (κ1) is 21.3. The van der Waals surface area contributed by atoms with E-state index < -0.39 is 16.1 Å². The average molecular weight is 409 g/mol. The van der Waals surface area contributed by atoms with Crippen LogP contribution < -0.4 is 9.62 Å². The smallest absolute Gasteiger partial charge is 0.243 e. The molecule has 0 aliphatic rings. The van der Waals surface area contributed by atoms with E-state index in [1.165, 1.54) is 0 Å². The lowest BCUT2D eigenvalue weighted by Gasteiger charge is -2.28. The van der Waals surface area contributed by atoms with Gasteiger partial charge in [0.15, 0.2) is 0 Å². The third-order valence-electron chi connectivity index (χ3n) is 4.22. The summed E-state index contributed by atoms with van der Waals surface area (Å²) >= 11 is 6.13. The van der Waals surface area contributed by atoms with Gasteiger partial charge < -0.3 is 5.32 Å². The molecule has 0 saturated heterocycles. The summed E-state index contributed by atoms with van der Waals surface area (Å²) in [4.78, 5) is 12.5. The lowest BCUT2D eigenvalue weighted by molar-refractivity contribution is -0.121. The second kappa shape index (κ2) is 9.24. The molecule has 0 heterocycles. The fourth-order valence-electron chi connectivity index (χ4n) is 2.91. The summed E-state index contributed by atoms with van der Waals surface area (Å²) in [7, 11) is -3.60. The molecule has 0 aliphatic heterocycles. The minimum Gasteiger partial charge on any atom is -0.354 e. The topological polar surface area (TPSA) is 66.5 Å². The molecular formula is C20H25ClN2O3S. The van der Waals surface area contributed by atoms with Gasteiger partial charge in [-0.3, -0.25) is 9.10 Å². The van der Waals surface area contributed by atoms with Gasteiger partial charge in [0.05, 0.1) is 11.9 Å². The van der Waals surface area contributed by atoms with Crippen molar-refractivity contribution < 1.29 is 13.2 Å². The molecule has 0 unspecified atom stereocenters. The molecule has 2 aromatic rings. The molecule has 0 spiro atoms. The molecular weight excluding hydrogens is 384 g/mol. The number of hydrogen-bond donors (Lipinski definition) is 1. The second-order valence-corrected chi connectivity index (χ2v) is 8.83. The molecule has 7 heteroatoms. The van der Waals surface area contributed by atoms with Gasteiger partial charge in [-0.15, -0.1) is 0 Å². The fraction of sp³-hybridized carbons (Fsp3) is 0.350. The number of sulfonamides is 1. The molecule has 0 aromatic heterocycles. The van der Waals surface area contributed by atoms with E-state index >= 15 is 0 Å². The highest BCUT2D eigenvalue weighted by molar-refractivity contribution is 7.92. The van der Waals surface area contributed by atoms with E-state index in [1.807, 2.05) is 37.3 Å². The van der Waals surface area contributed by atoms with Crippen molar-refractivity contribution in [2.24, 2.45) is 0 Å². The SMILES string of the molecule is Cc1cccc(N([C@H](C)C(=O)NCCCc2ccccc2Cl)S(C)(=O)=O)c1. The summed E-state index contributed by atoms with van der Waals surface area (Å²) in [6, 6.07) is 13.8. The zero-order chi connectivity index (χ0) is 20.0. The third-order valence-corrected chi connectivity index (χ3v) is 5.83. The Labute approximate surface area is 166 Å². The number of carbonyl (C=O) groups excluding carboxylic acids is 1. The molecule has 1 atom stereocenters. The number of carbonyl (C=O) groups is 1. The van der Waals surface area contributed by atoms with E-state index in [9.17, 15) is 13.2 Å². The van der Waals surface area contributed by atoms with Gasteiger partial charge in [0, 0.05) is 11.6 Å². The Hall–Kier alpha value is -2.05. The molecule has 0 saturated carbocycles. The van der Waals surface area contributed by atoms with Crippen LogP contribution in [0.25, 0.3) is 0 Å². The van der Waals surface area contributed by atoms with Crippen LogP contribution in [0.5, 0.6) is 0 Å². The van der Waals surface area contributed by atoms with Gasteiger partial charge in [0.2, 0.25) is 15.9 Å². The van der Waals surface area contributed by atoms with Crippen molar-refractivity contribution in [1.29, 1.82) is 0 Å². The first-order valence-electron chi connectivity index (χ1n) is 8.77. The van der Waals surface area contributed by atoms with Crippen LogP contribution >= 0.6 is 11.6 Å². The number of benzene rings is 2. The first-order chi connectivity index (χ1) is 12.7. The van der Waals surface area contributed by atoms with Crippen LogP contribution in [-0.4, -0.2) is 33.2 Å². The largest absolute Gasteiger partial charge is 0.354 e. The standard InChI is InChI=1S/C20H25ClN2O3S/c1-15-8-6-11-18(14-15)23(27(3,25)26)16(2)20(24)22-13-7-10-17-9-4-5-12-19(17)21/h4-6,8-9,11-12,14,16H,7,10,13H2,1-3H3,(H,22,24)/t16-/m1/s1. The number of amides is 1. The quantitative estimate of drug-likeness (QED) is 0.679. The maximum atomic E-state index is 12.5. The lowest BCUT2D eigenvalue weighted by atomic mass is 10.1. The van der Waals surface area contributed by atoms with Gasteiger partial charge in [-0.05, 0) is 56.0 Å². The summed E-state index contributed by atoms with van der Waals surface area (Å²) in [5.41, 5.74) is 2.43. The highest BCUT2D eigenvalue weighted by atomic mass is 35.5. The fourth-order valence-corrected chi connectivity index (χ4v) is 4.31. The molecule has 5 nitrogen and oxygen atoms in total. The van der Waals surface area contributed by atoms with Gasteiger partial charge >= 0.3 is 0 Å². The molecule has 0 fully saturated rings. The van der Waals surface area contributed by atoms with Crippen LogP contribution in [0.2, 0.25) is 5.02 Å². The second-order valence-electron chi connectivity index (χ2n) is 6.56. The molecule has 2 aromatic carbocycles. The Morgan fingerprint density at radius 2 is 1.89 bits per heavy atom. The molecule has 1 N–H and O–H groups in total. The minimum absolute atomic E-state index is 0.332. The Kier molecular flexibility index (Phi) is 7.27. The number of halogens is 1. The number of nitrogens with zero attached hydrogens (tertiary/aromatic N) is 1. The third kappa shape index (κ3) is 5.97. The van der Waals surface area contributed by atoms with Gasteiger partial charge in [-0.1, -0.05) is 41.9 Å². The van der Waals surface area contributed by atoms with E-state index in [0.29, 0.717) is 23.7 Å². The Balaban J connectivity index is 2.00. The zero-order valence-corrected chi connectivity index (χ0v) is 17.3. The molecule has 0 aliphatic carbocycles. The summed E-state index contributed by atoms with van der Waals surface area (Å²) in [5.74, 6) is -0.332. The molecule has 146 valence electrons. The maximum Gasteiger partial charge on any atom is 0.243 e. The monoisotopic (exact) mass is 408 g/mol. The van der Waals surface area contributed by atoms with Gasteiger partial charge in [0.1, 0.15) is 6.04 Å². The summed E-state index contributed by atoms with van der Waals surface area (Å²) in [6.07, 6.45) is 2.56. The van der Waals surface area contributed by atoms with E-state index in [0.717, 1.165) is 28.1 Å². The van der Waals surface area contributed by atoms with Crippen molar-refractivity contribution in [1.82, 2.24) is 5.32 Å². The van der Waals surface area contributed by atoms with E-state index in [2.05, 4.69) is 5.32 Å². The number of hydrogen-bond acceptors (Lipinski definition) is 3. The van der Waals surface area contributed by atoms with Crippen LogP contribution in [0.4, 0.5) is 5.69 Å². The molecule has 1 amide bonds. The summed E-state index contributed by atoms with van der Waals surface area (Å²) in [6.45, 7) is 3.91. The minimum atomic E-state index is -3.60. The molecule has 0 bridgehead atoms.